The summed E-state index contributed by atoms with van der Waals surface area (Å²) in [5.74, 6) is 0.402. The summed E-state index contributed by atoms with van der Waals surface area (Å²) in [4.78, 5) is 17.7. The number of hydrogen-bond donors (Lipinski definition) is 1. The van der Waals surface area contributed by atoms with E-state index in [4.69, 9.17) is 0 Å². The summed E-state index contributed by atoms with van der Waals surface area (Å²) in [5, 5.41) is 2.96. The van der Waals surface area contributed by atoms with E-state index >= 15 is 0 Å². The summed E-state index contributed by atoms with van der Waals surface area (Å²) >= 11 is 0. The predicted octanol–water partition coefficient (Wildman–Crippen LogP) is 1.64. The van der Waals surface area contributed by atoms with Gasteiger partial charge < -0.3 is 9.88 Å². The quantitative estimate of drug-likeness (QED) is 0.822. The zero-order valence-corrected chi connectivity index (χ0v) is 17.1. The lowest BCUT2D eigenvalue weighted by molar-refractivity contribution is -0.121. The van der Waals surface area contributed by atoms with Gasteiger partial charge in [-0.15, -0.1) is 0 Å². The molecule has 1 amide bonds. The van der Waals surface area contributed by atoms with Gasteiger partial charge in [0.15, 0.2) is 0 Å². The largest absolute Gasteiger partial charge is 0.337 e. The Morgan fingerprint density at radius 1 is 1.29 bits per heavy atom. The maximum absolute atomic E-state index is 13.5. The molecular formula is C19H25N5O3S. The molecule has 0 bridgehead atoms. The standard InChI is InChI=1S/C19H25N5O3S/c1-4-23(5-2)28(26,27)24-12-10-19(16(24)17-20-11-13-22(17)3)14-8-6-7-9-15(14)21-18(19)25/h6-9,11,13,16H,4-5,10,12H2,1-3H3,(H,21,25)/t16-,19+/m0/s1. The molecule has 0 aliphatic carbocycles. The van der Waals surface area contributed by atoms with Crippen molar-refractivity contribution in [2.75, 3.05) is 25.0 Å². The Kier molecular flexibility index (Phi) is 4.56. The molecule has 1 saturated heterocycles. The Morgan fingerprint density at radius 3 is 2.64 bits per heavy atom. The topological polar surface area (TPSA) is 87.5 Å². The number of imidazole rings is 1. The molecule has 0 unspecified atom stereocenters. The Hall–Kier alpha value is -2.23. The van der Waals surface area contributed by atoms with Gasteiger partial charge in [-0.3, -0.25) is 4.79 Å². The first-order valence-corrected chi connectivity index (χ1v) is 10.9. The van der Waals surface area contributed by atoms with Gasteiger partial charge >= 0.3 is 0 Å². The van der Waals surface area contributed by atoms with Crippen molar-refractivity contribution in [3.05, 3.63) is 48.0 Å². The predicted molar refractivity (Wildman–Crippen MR) is 106 cm³/mol. The number of aryl methyl sites for hydroxylation is 1. The summed E-state index contributed by atoms with van der Waals surface area (Å²) in [6.07, 6.45) is 3.83. The average molecular weight is 404 g/mol. The first-order valence-electron chi connectivity index (χ1n) is 9.53. The fraction of sp³-hybridized carbons (Fsp3) is 0.474. The molecule has 1 spiro atoms. The molecule has 2 aliphatic rings. The van der Waals surface area contributed by atoms with Crippen LogP contribution in [0, 0.1) is 0 Å². The summed E-state index contributed by atoms with van der Waals surface area (Å²) in [6.45, 7) is 4.65. The van der Waals surface area contributed by atoms with Crippen LogP contribution < -0.4 is 5.32 Å². The number of carbonyl (C=O) groups excluding carboxylic acids is 1. The maximum Gasteiger partial charge on any atom is 0.282 e. The lowest BCUT2D eigenvalue weighted by atomic mass is 9.75. The molecule has 2 atom stereocenters. The van der Waals surface area contributed by atoms with E-state index in [2.05, 4.69) is 10.3 Å². The lowest BCUT2D eigenvalue weighted by Crippen LogP contribution is -2.48. The second-order valence-electron chi connectivity index (χ2n) is 7.22. The van der Waals surface area contributed by atoms with Gasteiger partial charge in [-0.2, -0.15) is 17.0 Å². The first-order chi connectivity index (χ1) is 13.4. The molecule has 4 rings (SSSR count). The van der Waals surface area contributed by atoms with Crippen molar-refractivity contribution in [1.82, 2.24) is 18.2 Å². The minimum absolute atomic E-state index is 0.168. The number of carbonyl (C=O) groups is 1. The van der Waals surface area contributed by atoms with E-state index in [1.807, 2.05) is 45.2 Å². The monoisotopic (exact) mass is 403 g/mol. The molecule has 1 N–H and O–H groups in total. The number of fused-ring (bicyclic) bond motifs is 2. The molecule has 1 aromatic carbocycles. The van der Waals surface area contributed by atoms with Gasteiger partial charge in [-0.05, 0) is 18.1 Å². The van der Waals surface area contributed by atoms with E-state index in [0.29, 0.717) is 25.3 Å². The van der Waals surface area contributed by atoms with E-state index in [1.54, 1.807) is 17.0 Å². The second-order valence-corrected chi connectivity index (χ2v) is 9.10. The third kappa shape index (κ3) is 2.46. The fourth-order valence-electron chi connectivity index (χ4n) is 4.59. The van der Waals surface area contributed by atoms with E-state index in [1.165, 1.54) is 8.61 Å². The van der Waals surface area contributed by atoms with Crippen molar-refractivity contribution < 1.29 is 13.2 Å². The molecule has 0 radical (unpaired) electrons. The number of amides is 1. The van der Waals surface area contributed by atoms with Crippen molar-refractivity contribution >= 4 is 21.8 Å². The highest BCUT2D eigenvalue weighted by molar-refractivity contribution is 7.86. The van der Waals surface area contributed by atoms with Crippen molar-refractivity contribution in [1.29, 1.82) is 0 Å². The number of anilines is 1. The van der Waals surface area contributed by atoms with Gasteiger partial charge in [-0.1, -0.05) is 32.0 Å². The molecule has 0 saturated carbocycles. The molecule has 28 heavy (non-hydrogen) atoms. The lowest BCUT2D eigenvalue weighted by Gasteiger charge is -2.35. The van der Waals surface area contributed by atoms with Crippen LogP contribution in [-0.4, -0.2) is 52.1 Å². The summed E-state index contributed by atoms with van der Waals surface area (Å²) in [6, 6.07) is 6.82. The molecule has 2 aliphatic heterocycles. The van der Waals surface area contributed by atoms with Gasteiger partial charge in [0, 0.05) is 44.8 Å². The minimum Gasteiger partial charge on any atom is -0.337 e. The SMILES string of the molecule is CCN(CC)S(=O)(=O)N1CC[C@]2(C(=O)Nc3ccccc32)[C@@H]1c1nccn1C. The molecule has 9 heteroatoms. The average Bonchev–Trinajstić information content (AvgIpc) is 3.34. The molecule has 3 heterocycles. The fourth-order valence-corrected chi connectivity index (χ4v) is 6.40. The highest BCUT2D eigenvalue weighted by Crippen LogP contribution is 2.55. The van der Waals surface area contributed by atoms with Crippen LogP contribution in [0.5, 0.6) is 0 Å². The maximum atomic E-state index is 13.5. The van der Waals surface area contributed by atoms with E-state index < -0.39 is 21.7 Å². The van der Waals surface area contributed by atoms with Crippen molar-refractivity contribution in [2.45, 2.75) is 31.7 Å². The van der Waals surface area contributed by atoms with Crippen LogP contribution in [0.2, 0.25) is 0 Å². The van der Waals surface area contributed by atoms with Gasteiger partial charge in [0.05, 0.1) is 0 Å². The van der Waals surface area contributed by atoms with Crippen LogP contribution in [0.1, 0.15) is 37.7 Å². The van der Waals surface area contributed by atoms with Crippen LogP contribution in [-0.2, 0) is 27.5 Å². The van der Waals surface area contributed by atoms with Gasteiger partial charge in [0.25, 0.3) is 10.2 Å². The number of aromatic nitrogens is 2. The summed E-state index contributed by atoms with van der Waals surface area (Å²) in [5.41, 5.74) is 0.592. The van der Waals surface area contributed by atoms with Crippen LogP contribution in [0.25, 0.3) is 0 Å². The molecule has 150 valence electrons. The third-order valence-corrected chi connectivity index (χ3v) is 8.13. The van der Waals surface area contributed by atoms with Crippen LogP contribution in [0.4, 0.5) is 5.69 Å². The second kappa shape index (κ2) is 6.68. The Balaban J connectivity index is 1.93. The van der Waals surface area contributed by atoms with E-state index in [-0.39, 0.29) is 12.5 Å². The Bertz CT molecular complexity index is 1010. The van der Waals surface area contributed by atoms with E-state index in [0.717, 1.165) is 11.3 Å². The van der Waals surface area contributed by atoms with Crippen LogP contribution in [0.3, 0.4) is 0 Å². The van der Waals surface area contributed by atoms with Crippen LogP contribution >= 0.6 is 0 Å². The summed E-state index contributed by atoms with van der Waals surface area (Å²) in [7, 11) is -1.92. The number of hydrogen-bond acceptors (Lipinski definition) is 4. The number of para-hydroxylation sites is 1. The highest BCUT2D eigenvalue weighted by atomic mass is 32.2. The number of nitrogens with one attached hydrogen (secondary N) is 1. The number of nitrogens with zero attached hydrogens (tertiary/aromatic N) is 4. The van der Waals surface area contributed by atoms with Crippen LogP contribution in [0.15, 0.2) is 36.7 Å². The summed E-state index contributed by atoms with van der Waals surface area (Å²) < 4.78 is 31.6. The smallest absolute Gasteiger partial charge is 0.282 e. The Morgan fingerprint density at radius 2 is 2.00 bits per heavy atom. The van der Waals surface area contributed by atoms with Gasteiger partial charge in [0.1, 0.15) is 17.3 Å². The number of benzene rings is 1. The molecule has 2 aromatic rings. The first kappa shape index (κ1) is 19.1. The normalized spacial score (nSPS) is 24.9. The van der Waals surface area contributed by atoms with Crippen molar-refractivity contribution in [3.63, 3.8) is 0 Å². The Labute approximate surface area is 165 Å². The van der Waals surface area contributed by atoms with Crippen molar-refractivity contribution in [3.8, 4) is 0 Å². The molecule has 1 fully saturated rings. The highest BCUT2D eigenvalue weighted by Gasteiger charge is 2.62. The van der Waals surface area contributed by atoms with Crippen molar-refractivity contribution in [2.24, 2.45) is 7.05 Å². The van der Waals surface area contributed by atoms with E-state index in [9.17, 15) is 13.2 Å². The molecule has 1 aromatic heterocycles. The third-order valence-electron chi connectivity index (χ3n) is 5.97. The van der Waals surface area contributed by atoms with Gasteiger partial charge in [-0.25, -0.2) is 4.98 Å². The molecular weight excluding hydrogens is 378 g/mol. The van der Waals surface area contributed by atoms with Gasteiger partial charge in [0.2, 0.25) is 5.91 Å². The minimum atomic E-state index is -3.75. The zero-order valence-electron chi connectivity index (χ0n) is 16.3. The molecule has 8 nitrogen and oxygen atoms in total. The number of rotatable bonds is 5. The zero-order chi connectivity index (χ0) is 20.1.